The van der Waals surface area contributed by atoms with Crippen molar-refractivity contribution in [3.05, 3.63) is 28.3 Å². The number of nitrogens with two attached hydrogens (primary N) is 1. The van der Waals surface area contributed by atoms with Crippen LogP contribution in [0.1, 0.15) is 6.42 Å². The van der Waals surface area contributed by atoms with Gasteiger partial charge in [-0.05, 0) is 12.1 Å². The van der Waals surface area contributed by atoms with E-state index in [2.05, 4.69) is 5.16 Å². The number of nitro benzene ring substituents is 1. The van der Waals surface area contributed by atoms with E-state index in [9.17, 15) is 10.1 Å². The minimum absolute atomic E-state index is 0.00818. The first-order valence-corrected chi connectivity index (χ1v) is 5.00. The predicted octanol–water partition coefficient (Wildman–Crippen LogP) is 1.12. The number of ether oxygens (including phenoxy) is 2. The molecule has 0 fully saturated rings. The molecule has 0 saturated carbocycles. The number of nitro groups is 1. The van der Waals surface area contributed by atoms with Crippen LogP contribution in [-0.2, 0) is 0 Å². The summed E-state index contributed by atoms with van der Waals surface area (Å²) in [6.45, 7) is 0.0725. The Labute approximate surface area is 103 Å². The van der Waals surface area contributed by atoms with Crippen LogP contribution in [0.5, 0.6) is 11.5 Å². The quantitative estimate of drug-likeness (QED) is 0.258. The molecule has 0 heterocycles. The average Bonchev–Trinajstić information content (AvgIpc) is 2.38. The molecule has 8 heteroatoms. The molecule has 0 atom stereocenters. The zero-order chi connectivity index (χ0) is 13.5. The molecule has 0 aliphatic rings. The fourth-order valence-electron chi connectivity index (χ4n) is 1.20. The second-order valence-electron chi connectivity index (χ2n) is 3.28. The number of oxime groups is 1. The Morgan fingerprint density at radius 3 is 2.89 bits per heavy atom. The van der Waals surface area contributed by atoms with Crippen LogP contribution in [0.25, 0.3) is 0 Å². The van der Waals surface area contributed by atoms with Crippen molar-refractivity contribution in [3.63, 3.8) is 0 Å². The number of benzene rings is 1. The van der Waals surface area contributed by atoms with Gasteiger partial charge in [0.1, 0.15) is 11.6 Å². The molecular formula is C10H13N3O5. The van der Waals surface area contributed by atoms with E-state index in [0.29, 0.717) is 5.75 Å². The zero-order valence-corrected chi connectivity index (χ0v) is 9.70. The molecule has 0 aliphatic carbocycles. The second kappa shape index (κ2) is 6.28. The molecule has 0 spiro atoms. The van der Waals surface area contributed by atoms with Crippen LogP contribution in [0.4, 0.5) is 5.69 Å². The van der Waals surface area contributed by atoms with E-state index in [1.54, 1.807) is 6.07 Å². The van der Waals surface area contributed by atoms with Crippen LogP contribution in [0, 0.1) is 10.1 Å². The summed E-state index contributed by atoms with van der Waals surface area (Å²) in [5, 5.41) is 21.9. The summed E-state index contributed by atoms with van der Waals surface area (Å²) in [5.74, 6) is 0.461. The molecule has 18 heavy (non-hydrogen) atoms. The van der Waals surface area contributed by atoms with Crippen molar-refractivity contribution in [2.45, 2.75) is 6.42 Å². The second-order valence-corrected chi connectivity index (χ2v) is 3.28. The molecule has 3 N–H and O–H groups in total. The molecule has 98 valence electrons. The summed E-state index contributed by atoms with van der Waals surface area (Å²) < 4.78 is 10.1. The number of rotatable bonds is 6. The summed E-state index contributed by atoms with van der Waals surface area (Å²) in [5.41, 5.74) is 5.05. The van der Waals surface area contributed by atoms with Gasteiger partial charge in [0.15, 0.2) is 5.75 Å². The van der Waals surface area contributed by atoms with Crippen LogP contribution in [0.15, 0.2) is 23.4 Å². The van der Waals surface area contributed by atoms with E-state index >= 15 is 0 Å². The first-order chi connectivity index (χ1) is 8.58. The Morgan fingerprint density at radius 2 is 2.33 bits per heavy atom. The molecule has 0 aliphatic heterocycles. The first kappa shape index (κ1) is 13.6. The van der Waals surface area contributed by atoms with Gasteiger partial charge in [0.25, 0.3) is 0 Å². The highest BCUT2D eigenvalue weighted by molar-refractivity contribution is 5.79. The van der Waals surface area contributed by atoms with E-state index in [4.69, 9.17) is 20.4 Å². The molecule has 1 aromatic rings. The number of nitrogens with zero attached hydrogens (tertiary/aromatic N) is 2. The Bertz CT molecular complexity index is 461. The van der Waals surface area contributed by atoms with Crippen molar-refractivity contribution in [2.75, 3.05) is 13.7 Å². The molecule has 8 nitrogen and oxygen atoms in total. The third kappa shape index (κ3) is 3.51. The highest BCUT2D eigenvalue weighted by Crippen LogP contribution is 2.30. The van der Waals surface area contributed by atoms with Crippen molar-refractivity contribution in [1.82, 2.24) is 0 Å². The van der Waals surface area contributed by atoms with Gasteiger partial charge in [-0.2, -0.15) is 0 Å². The van der Waals surface area contributed by atoms with E-state index in [1.165, 1.54) is 19.2 Å². The Morgan fingerprint density at radius 1 is 1.61 bits per heavy atom. The molecule has 0 saturated heterocycles. The fraction of sp³-hybridized carbons (Fsp3) is 0.300. The summed E-state index contributed by atoms with van der Waals surface area (Å²) in [6.07, 6.45) is 0.166. The van der Waals surface area contributed by atoms with Crippen molar-refractivity contribution in [3.8, 4) is 11.5 Å². The minimum atomic E-state index is -0.568. The molecule has 1 rings (SSSR count). The highest BCUT2D eigenvalue weighted by Gasteiger charge is 2.16. The lowest BCUT2D eigenvalue weighted by atomic mass is 10.3. The van der Waals surface area contributed by atoms with Crippen molar-refractivity contribution in [2.24, 2.45) is 10.9 Å². The van der Waals surface area contributed by atoms with Crippen LogP contribution >= 0.6 is 0 Å². The van der Waals surface area contributed by atoms with E-state index < -0.39 is 4.92 Å². The Hall–Kier alpha value is -2.51. The predicted molar refractivity (Wildman–Crippen MR) is 63.2 cm³/mol. The maximum atomic E-state index is 10.8. The molecule has 0 aromatic heterocycles. The fourth-order valence-corrected chi connectivity index (χ4v) is 1.20. The third-order valence-electron chi connectivity index (χ3n) is 2.11. The van der Waals surface area contributed by atoms with Gasteiger partial charge in [0.2, 0.25) is 0 Å². The van der Waals surface area contributed by atoms with Crippen LogP contribution < -0.4 is 15.2 Å². The van der Waals surface area contributed by atoms with Crippen LogP contribution in [0.2, 0.25) is 0 Å². The lowest BCUT2D eigenvalue weighted by molar-refractivity contribution is -0.385. The van der Waals surface area contributed by atoms with E-state index in [0.717, 1.165) is 0 Å². The molecular weight excluding hydrogens is 242 g/mol. The number of methoxy groups -OCH3 is 1. The van der Waals surface area contributed by atoms with E-state index in [1.807, 2.05) is 0 Å². The van der Waals surface area contributed by atoms with Gasteiger partial charge < -0.3 is 20.4 Å². The monoisotopic (exact) mass is 255 g/mol. The van der Waals surface area contributed by atoms with Gasteiger partial charge in [0, 0.05) is 6.42 Å². The smallest absolute Gasteiger partial charge is 0.314 e. The summed E-state index contributed by atoms with van der Waals surface area (Å²) in [6, 6.07) is 4.24. The summed E-state index contributed by atoms with van der Waals surface area (Å²) >= 11 is 0. The van der Waals surface area contributed by atoms with Gasteiger partial charge in [-0.25, -0.2) is 0 Å². The van der Waals surface area contributed by atoms with Crippen molar-refractivity contribution in [1.29, 1.82) is 0 Å². The summed E-state index contributed by atoms with van der Waals surface area (Å²) in [4.78, 5) is 10.3. The highest BCUT2D eigenvalue weighted by atomic mass is 16.6. The largest absolute Gasteiger partial charge is 0.496 e. The van der Waals surface area contributed by atoms with E-state index in [-0.39, 0.29) is 30.3 Å². The number of amidine groups is 1. The Kier molecular flexibility index (Phi) is 4.73. The zero-order valence-electron chi connectivity index (χ0n) is 9.70. The molecule has 0 amide bonds. The van der Waals surface area contributed by atoms with Gasteiger partial charge in [-0.3, -0.25) is 10.1 Å². The van der Waals surface area contributed by atoms with Crippen molar-refractivity contribution >= 4 is 11.5 Å². The first-order valence-electron chi connectivity index (χ1n) is 5.00. The van der Waals surface area contributed by atoms with Gasteiger partial charge in [-0.15, -0.1) is 0 Å². The van der Waals surface area contributed by atoms with Gasteiger partial charge in [-0.1, -0.05) is 5.16 Å². The normalized spacial score (nSPS) is 11.1. The molecule has 0 unspecified atom stereocenters. The third-order valence-corrected chi connectivity index (χ3v) is 2.11. The molecule has 0 radical (unpaired) electrons. The Balaban J connectivity index is 2.78. The molecule has 1 aromatic carbocycles. The minimum Gasteiger partial charge on any atom is -0.496 e. The topological polar surface area (TPSA) is 120 Å². The number of hydrogen-bond acceptors (Lipinski definition) is 6. The maximum Gasteiger partial charge on any atom is 0.314 e. The maximum absolute atomic E-state index is 10.8. The number of hydrogen-bond donors (Lipinski definition) is 2. The van der Waals surface area contributed by atoms with Crippen LogP contribution in [0.3, 0.4) is 0 Å². The standard InChI is InChI=1S/C10H13N3O5/c1-17-7-2-3-9(8(6-7)13(15)16)18-5-4-10(11)12-14/h2-3,6,14H,4-5H2,1H3,(H2,11,12). The summed E-state index contributed by atoms with van der Waals surface area (Å²) in [7, 11) is 1.41. The lowest BCUT2D eigenvalue weighted by Crippen LogP contribution is -2.15. The van der Waals surface area contributed by atoms with Crippen molar-refractivity contribution < 1.29 is 19.6 Å². The average molecular weight is 255 g/mol. The lowest BCUT2D eigenvalue weighted by Gasteiger charge is -2.07. The van der Waals surface area contributed by atoms with Gasteiger partial charge >= 0.3 is 5.69 Å². The molecule has 0 bridgehead atoms. The van der Waals surface area contributed by atoms with Crippen LogP contribution in [-0.4, -0.2) is 29.7 Å². The van der Waals surface area contributed by atoms with Gasteiger partial charge in [0.05, 0.1) is 24.7 Å². The SMILES string of the molecule is COc1ccc(OCC/C(N)=N/O)c([N+](=O)[O-])c1.